The average molecular weight is 419 g/mol. The second kappa shape index (κ2) is 8.77. The van der Waals surface area contributed by atoms with Gasteiger partial charge in [0.1, 0.15) is 0 Å². The Morgan fingerprint density at radius 3 is 2.50 bits per heavy atom. The molecule has 1 saturated heterocycles. The van der Waals surface area contributed by atoms with Crippen LogP contribution in [-0.2, 0) is 17.6 Å². The van der Waals surface area contributed by atoms with Crippen LogP contribution in [0.2, 0.25) is 0 Å². The number of aromatic nitrogens is 3. The number of ether oxygens (including phenoxy) is 1. The molecule has 0 N–H and O–H groups in total. The molecule has 0 aliphatic carbocycles. The first kappa shape index (κ1) is 19.0. The lowest BCUT2D eigenvalue weighted by molar-refractivity contribution is 0.122. The molecule has 0 amide bonds. The van der Waals surface area contributed by atoms with Crippen LogP contribution in [0.5, 0.6) is 0 Å². The Bertz CT molecular complexity index is 1090. The molecule has 0 unspecified atom stereocenters. The first-order valence-electron chi connectivity index (χ1n) is 10.1. The Kier molecular flexibility index (Phi) is 5.54. The molecule has 0 saturated carbocycles. The Balaban J connectivity index is 1.23. The van der Waals surface area contributed by atoms with Gasteiger partial charge in [-0.05, 0) is 29.8 Å². The number of nitrogens with zero attached hydrogens (tertiary/aromatic N) is 4. The van der Waals surface area contributed by atoms with E-state index in [4.69, 9.17) is 14.2 Å². The normalized spacial score (nSPS) is 14.2. The zero-order valence-corrected chi connectivity index (χ0v) is 17.3. The summed E-state index contributed by atoms with van der Waals surface area (Å²) in [5, 5.41) is 7.32. The van der Waals surface area contributed by atoms with Gasteiger partial charge in [0.05, 0.1) is 30.3 Å². The summed E-state index contributed by atoms with van der Waals surface area (Å²) in [6.45, 7) is 3.40. The average Bonchev–Trinajstić information content (AvgIpc) is 3.45. The van der Waals surface area contributed by atoms with Gasteiger partial charge in [-0.2, -0.15) is 4.98 Å². The van der Waals surface area contributed by atoms with Crippen LogP contribution in [0.1, 0.15) is 22.2 Å². The predicted octanol–water partition coefficient (Wildman–Crippen LogP) is 4.21. The number of benzene rings is 2. The Morgan fingerprint density at radius 2 is 1.70 bits per heavy atom. The predicted molar refractivity (Wildman–Crippen MR) is 117 cm³/mol. The number of thiazole rings is 1. The molecule has 2 aromatic heterocycles. The maximum atomic E-state index is 5.47. The zero-order valence-electron chi connectivity index (χ0n) is 16.5. The van der Waals surface area contributed by atoms with Crippen molar-refractivity contribution in [2.24, 2.45) is 0 Å². The topological polar surface area (TPSA) is 64.3 Å². The van der Waals surface area contributed by atoms with Gasteiger partial charge in [-0.25, -0.2) is 4.98 Å². The summed E-state index contributed by atoms with van der Waals surface area (Å²) in [6.07, 6.45) is 1.39. The van der Waals surface area contributed by atoms with Gasteiger partial charge in [0.25, 0.3) is 0 Å². The number of hydrogen-bond acceptors (Lipinski definition) is 7. The van der Waals surface area contributed by atoms with Gasteiger partial charge in [-0.1, -0.05) is 35.5 Å². The van der Waals surface area contributed by atoms with E-state index in [9.17, 15) is 0 Å². The van der Waals surface area contributed by atoms with E-state index in [0.29, 0.717) is 18.1 Å². The highest BCUT2D eigenvalue weighted by molar-refractivity contribution is 7.09. The van der Waals surface area contributed by atoms with Crippen molar-refractivity contribution in [1.82, 2.24) is 15.1 Å². The number of anilines is 1. The van der Waals surface area contributed by atoms with Crippen LogP contribution >= 0.6 is 11.3 Å². The first-order valence-corrected chi connectivity index (χ1v) is 10.9. The van der Waals surface area contributed by atoms with Crippen molar-refractivity contribution in [3.05, 3.63) is 82.1 Å². The van der Waals surface area contributed by atoms with Crippen molar-refractivity contribution in [1.29, 1.82) is 0 Å². The molecule has 0 bridgehead atoms. The van der Waals surface area contributed by atoms with E-state index < -0.39 is 0 Å². The number of rotatable bonds is 6. The molecule has 0 radical (unpaired) electrons. The van der Waals surface area contributed by atoms with E-state index in [-0.39, 0.29) is 0 Å². The van der Waals surface area contributed by atoms with Gasteiger partial charge in [0.2, 0.25) is 11.7 Å². The number of hydrogen-bond donors (Lipinski definition) is 0. The second-order valence-electron chi connectivity index (χ2n) is 7.23. The molecule has 6 nitrogen and oxygen atoms in total. The van der Waals surface area contributed by atoms with Crippen LogP contribution in [-0.4, -0.2) is 41.4 Å². The van der Waals surface area contributed by atoms with Crippen LogP contribution in [0.25, 0.3) is 11.4 Å². The highest BCUT2D eigenvalue weighted by Gasteiger charge is 2.14. The van der Waals surface area contributed by atoms with Crippen LogP contribution < -0.4 is 4.90 Å². The summed E-state index contributed by atoms with van der Waals surface area (Å²) in [5.41, 5.74) is 4.37. The molecule has 2 aromatic carbocycles. The Morgan fingerprint density at radius 1 is 0.900 bits per heavy atom. The fourth-order valence-electron chi connectivity index (χ4n) is 3.52. The third-order valence-electron chi connectivity index (χ3n) is 5.10. The fraction of sp³-hybridized carbons (Fsp3) is 0.261. The van der Waals surface area contributed by atoms with Crippen LogP contribution in [0, 0.1) is 0 Å². The van der Waals surface area contributed by atoms with Crippen LogP contribution in [0.3, 0.4) is 0 Å². The van der Waals surface area contributed by atoms with Crippen molar-refractivity contribution in [2.45, 2.75) is 12.8 Å². The lowest BCUT2D eigenvalue weighted by Crippen LogP contribution is -2.36. The molecule has 1 aliphatic rings. The molecule has 1 fully saturated rings. The van der Waals surface area contributed by atoms with E-state index in [1.807, 2.05) is 18.2 Å². The summed E-state index contributed by atoms with van der Waals surface area (Å²) < 4.78 is 10.9. The molecule has 30 heavy (non-hydrogen) atoms. The van der Waals surface area contributed by atoms with Gasteiger partial charge in [-0.15, -0.1) is 11.3 Å². The largest absolute Gasteiger partial charge is 0.378 e. The van der Waals surface area contributed by atoms with Gasteiger partial charge < -0.3 is 14.2 Å². The second-order valence-corrected chi connectivity index (χ2v) is 8.17. The molecule has 0 atom stereocenters. The van der Waals surface area contributed by atoms with Crippen molar-refractivity contribution in [3.8, 4) is 11.4 Å². The van der Waals surface area contributed by atoms with E-state index in [1.165, 1.54) is 11.3 Å². The molecule has 7 heteroatoms. The smallest absolute Gasteiger partial charge is 0.233 e. The monoisotopic (exact) mass is 418 g/mol. The van der Waals surface area contributed by atoms with Gasteiger partial charge in [0.15, 0.2) is 0 Å². The maximum absolute atomic E-state index is 5.47. The lowest BCUT2D eigenvalue weighted by atomic mass is 10.2. The van der Waals surface area contributed by atoms with E-state index >= 15 is 0 Å². The molecular weight excluding hydrogens is 396 g/mol. The molecule has 3 heterocycles. The summed E-state index contributed by atoms with van der Waals surface area (Å²) in [4.78, 5) is 11.6. The maximum Gasteiger partial charge on any atom is 0.233 e. The quantitative estimate of drug-likeness (QED) is 0.467. The summed E-state index contributed by atoms with van der Waals surface area (Å²) in [7, 11) is 0. The molecule has 4 aromatic rings. The third kappa shape index (κ3) is 4.42. The summed E-state index contributed by atoms with van der Waals surface area (Å²) >= 11 is 1.67. The van der Waals surface area contributed by atoms with Crippen molar-refractivity contribution in [3.63, 3.8) is 0 Å². The minimum absolute atomic E-state index is 0.546. The highest BCUT2D eigenvalue weighted by atomic mass is 32.1. The third-order valence-corrected chi connectivity index (χ3v) is 6.00. The fourth-order valence-corrected chi connectivity index (χ4v) is 4.35. The van der Waals surface area contributed by atoms with Gasteiger partial charge in [0, 0.05) is 36.1 Å². The minimum Gasteiger partial charge on any atom is -0.378 e. The van der Waals surface area contributed by atoms with Gasteiger partial charge >= 0.3 is 0 Å². The van der Waals surface area contributed by atoms with Crippen molar-refractivity contribution < 1.29 is 9.26 Å². The SMILES string of the molecule is c1ccc(Cc2nc(Cc3nc(-c4ccc(N5CCOCC5)cc4)no3)cs2)cc1. The number of morpholine rings is 1. The van der Waals surface area contributed by atoms with E-state index in [0.717, 1.165) is 49.0 Å². The van der Waals surface area contributed by atoms with Crippen LogP contribution in [0.15, 0.2) is 64.5 Å². The van der Waals surface area contributed by atoms with E-state index in [1.54, 1.807) is 11.3 Å². The molecular formula is C23H22N4O2S. The Labute approximate surface area is 179 Å². The molecule has 152 valence electrons. The Hall–Kier alpha value is -3.03. The molecule has 1 aliphatic heterocycles. The van der Waals surface area contributed by atoms with Crippen molar-refractivity contribution >= 4 is 17.0 Å². The van der Waals surface area contributed by atoms with Gasteiger partial charge in [-0.3, -0.25) is 0 Å². The summed E-state index contributed by atoms with van der Waals surface area (Å²) in [5.74, 6) is 1.19. The standard InChI is InChI=1S/C23H22N4O2S/c1-2-4-17(5-3-1)14-22-24-19(16-30-22)15-21-25-23(26-29-21)18-6-8-20(9-7-18)27-10-12-28-13-11-27/h1-9,16H,10-15H2. The minimum atomic E-state index is 0.546. The lowest BCUT2D eigenvalue weighted by Gasteiger charge is -2.28. The molecule has 0 spiro atoms. The van der Waals surface area contributed by atoms with Crippen LogP contribution in [0.4, 0.5) is 5.69 Å². The first-order chi connectivity index (χ1) is 14.8. The highest BCUT2D eigenvalue weighted by Crippen LogP contribution is 2.23. The zero-order chi connectivity index (χ0) is 20.2. The molecule has 5 rings (SSSR count). The van der Waals surface area contributed by atoms with E-state index in [2.05, 4.69) is 56.8 Å². The van der Waals surface area contributed by atoms with Crippen molar-refractivity contribution in [2.75, 3.05) is 31.2 Å². The summed E-state index contributed by atoms with van der Waals surface area (Å²) in [6, 6.07) is 18.7.